The molecular formula is C17H21NP+. The van der Waals surface area contributed by atoms with Gasteiger partial charge in [-0.3, -0.25) is 0 Å². The van der Waals surface area contributed by atoms with Gasteiger partial charge in [0.05, 0.1) is 12.6 Å². The van der Waals surface area contributed by atoms with Crippen molar-refractivity contribution in [1.29, 1.82) is 0 Å². The van der Waals surface area contributed by atoms with E-state index in [1.54, 1.807) is 0 Å². The van der Waals surface area contributed by atoms with Crippen LogP contribution in [0.15, 0.2) is 60.7 Å². The summed E-state index contributed by atoms with van der Waals surface area (Å²) in [5.41, 5.74) is 0. The minimum atomic E-state index is -0.193. The van der Waals surface area contributed by atoms with Crippen molar-refractivity contribution in [3.05, 3.63) is 60.7 Å². The van der Waals surface area contributed by atoms with Crippen LogP contribution in [0.1, 0.15) is 12.8 Å². The fourth-order valence-electron chi connectivity index (χ4n) is 2.83. The summed E-state index contributed by atoms with van der Waals surface area (Å²) in [4.78, 5) is 0. The molecule has 2 heteroatoms. The van der Waals surface area contributed by atoms with E-state index in [2.05, 4.69) is 66.0 Å². The van der Waals surface area contributed by atoms with E-state index in [1.165, 1.54) is 36.2 Å². The summed E-state index contributed by atoms with van der Waals surface area (Å²) >= 11 is 0. The van der Waals surface area contributed by atoms with Gasteiger partial charge in [-0.05, 0) is 18.5 Å². The van der Waals surface area contributed by atoms with Crippen LogP contribution in [0.3, 0.4) is 0 Å². The van der Waals surface area contributed by atoms with Gasteiger partial charge in [0.15, 0.2) is 0 Å². The smallest absolute Gasteiger partial charge is 0.0907 e. The van der Waals surface area contributed by atoms with E-state index >= 15 is 0 Å². The lowest BCUT2D eigenvalue weighted by Crippen LogP contribution is -2.87. The van der Waals surface area contributed by atoms with Gasteiger partial charge >= 0.3 is 0 Å². The molecule has 2 N–H and O–H groups in total. The Bertz CT molecular complexity index is 452. The zero-order chi connectivity index (χ0) is 12.9. The Morgan fingerprint density at radius 2 is 1.47 bits per heavy atom. The third kappa shape index (κ3) is 3.23. The second kappa shape index (κ2) is 6.32. The lowest BCUT2D eigenvalue weighted by Gasteiger charge is -2.20. The summed E-state index contributed by atoms with van der Waals surface area (Å²) in [5, 5.41) is 5.58. The van der Waals surface area contributed by atoms with Crippen molar-refractivity contribution in [2.24, 2.45) is 0 Å². The van der Waals surface area contributed by atoms with E-state index in [-0.39, 0.29) is 7.92 Å². The van der Waals surface area contributed by atoms with Gasteiger partial charge in [-0.1, -0.05) is 60.7 Å². The van der Waals surface area contributed by atoms with Crippen LogP contribution in [-0.4, -0.2) is 18.7 Å². The Kier molecular flexibility index (Phi) is 4.27. The Labute approximate surface area is 116 Å². The first kappa shape index (κ1) is 12.8. The number of benzene rings is 2. The van der Waals surface area contributed by atoms with Crippen LogP contribution in [0, 0.1) is 0 Å². The van der Waals surface area contributed by atoms with Crippen molar-refractivity contribution in [3.63, 3.8) is 0 Å². The molecule has 0 saturated carbocycles. The van der Waals surface area contributed by atoms with E-state index in [0.717, 1.165) is 6.04 Å². The maximum absolute atomic E-state index is 2.54. The lowest BCUT2D eigenvalue weighted by molar-refractivity contribution is -0.665. The van der Waals surface area contributed by atoms with Gasteiger partial charge < -0.3 is 5.32 Å². The fourth-order valence-corrected chi connectivity index (χ4v) is 5.41. The first-order chi connectivity index (χ1) is 9.43. The number of hydrogen-bond acceptors (Lipinski definition) is 0. The Balaban J connectivity index is 1.87. The largest absolute Gasteiger partial charge is 0.344 e. The molecule has 1 saturated heterocycles. The number of nitrogens with two attached hydrogens (primary N) is 1. The predicted molar refractivity (Wildman–Crippen MR) is 83.8 cm³/mol. The van der Waals surface area contributed by atoms with E-state index < -0.39 is 0 Å². The minimum absolute atomic E-state index is 0.193. The summed E-state index contributed by atoms with van der Waals surface area (Å²) in [5.74, 6) is 0. The molecule has 0 spiro atoms. The van der Waals surface area contributed by atoms with E-state index in [0.29, 0.717) is 0 Å². The monoisotopic (exact) mass is 270 g/mol. The molecule has 0 amide bonds. The predicted octanol–water partition coefficient (Wildman–Crippen LogP) is 1.85. The van der Waals surface area contributed by atoms with Gasteiger partial charge in [-0.15, -0.1) is 0 Å². The van der Waals surface area contributed by atoms with Crippen molar-refractivity contribution in [2.45, 2.75) is 18.9 Å². The number of rotatable bonds is 4. The average Bonchev–Trinajstić information content (AvgIpc) is 3.00. The molecule has 0 bridgehead atoms. The van der Waals surface area contributed by atoms with E-state index in [1.807, 2.05) is 0 Å². The molecule has 1 fully saturated rings. The molecule has 19 heavy (non-hydrogen) atoms. The second-order valence-corrected chi connectivity index (χ2v) is 7.46. The third-order valence-corrected chi connectivity index (χ3v) is 6.51. The van der Waals surface area contributed by atoms with Crippen molar-refractivity contribution < 1.29 is 5.32 Å². The maximum atomic E-state index is 2.54. The van der Waals surface area contributed by atoms with Gasteiger partial charge in [0.25, 0.3) is 0 Å². The second-order valence-electron chi connectivity index (χ2n) is 5.21. The number of quaternary nitrogens is 1. The van der Waals surface area contributed by atoms with Crippen LogP contribution in [-0.2, 0) is 0 Å². The molecule has 0 radical (unpaired) electrons. The first-order valence-electron chi connectivity index (χ1n) is 7.14. The summed E-state index contributed by atoms with van der Waals surface area (Å²) in [6, 6.07) is 22.9. The molecule has 98 valence electrons. The highest BCUT2D eigenvalue weighted by Crippen LogP contribution is 2.34. The zero-order valence-corrected chi connectivity index (χ0v) is 12.1. The zero-order valence-electron chi connectivity index (χ0n) is 11.2. The van der Waals surface area contributed by atoms with Gasteiger partial charge in [-0.2, -0.15) is 0 Å². The van der Waals surface area contributed by atoms with Crippen molar-refractivity contribution in [2.75, 3.05) is 12.7 Å². The molecule has 2 aromatic rings. The highest BCUT2D eigenvalue weighted by Gasteiger charge is 2.24. The van der Waals surface area contributed by atoms with Crippen LogP contribution < -0.4 is 15.9 Å². The minimum Gasteiger partial charge on any atom is -0.344 e. The molecule has 1 atom stereocenters. The molecule has 1 heterocycles. The topological polar surface area (TPSA) is 16.6 Å². The molecule has 0 unspecified atom stereocenters. The van der Waals surface area contributed by atoms with Crippen molar-refractivity contribution >= 4 is 18.5 Å². The normalized spacial score (nSPS) is 18.9. The molecule has 1 aliphatic rings. The van der Waals surface area contributed by atoms with Crippen LogP contribution in [0.25, 0.3) is 0 Å². The van der Waals surface area contributed by atoms with Gasteiger partial charge in [-0.25, -0.2) is 0 Å². The Morgan fingerprint density at radius 3 is 1.95 bits per heavy atom. The standard InChI is InChI=1S/C17H20NP/c1-3-9-16(10-4-1)19(14-15-8-7-13-18-15)17-11-5-2-6-12-17/h1-6,9-12,15,18H,7-8,13-14H2/p+1/t15-/m0/s1. The summed E-state index contributed by atoms with van der Waals surface area (Å²) in [6.07, 6.45) is 4.10. The highest BCUT2D eigenvalue weighted by molar-refractivity contribution is 7.73. The summed E-state index contributed by atoms with van der Waals surface area (Å²) < 4.78 is 0. The molecule has 2 aromatic carbocycles. The highest BCUT2D eigenvalue weighted by atomic mass is 31.1. The maximum Gasteiger partial charge on any atom is 0.0907 e. The van der Waals surface area contributed by atoms with Crippen LogP contribution >= 0.6 is 7.92 Å². The molecule has 0 aliphatic carbocycles. The summed E-state index contributed by atoms with van der Waals surface area (Å²) in [6.45, 7) is 1.32. The van der Waals surface area contributed by atoms with Crippen molar-refractivity contribution in [1.82, 2.24) is 0 Å². The van der Waals surface area contributed by atoms with Gasteiger partial charge in [0.2, 0.25) is 0 Å². The van der Waals surface area contributed by atoms with Crippen LogP contribution in [0.5, 0.6) is 0 Å². The number of hydrogen-bond donors (Lipinski definition) is 1. The SMILES string of the molecule is c1ccc(P(C[C@@H]2CCC[NH2+]2)c2ccccc2)cc1. The van der Waals surface area contributed by atoms with E-state index in [9.17, 15) is 0 Å². The molecule has 0 aromatic heterocycles. The lowest BCUT2D eigenvalue weighted by atomic mass is 10.3. The van der Waals surface area contributed by atoms with Crippen LogP contribution in [0.4, 0.5) is 0 Å². The van der Waals surface area contributed by atoms with Crippen molar-refractivity contribution in [3.8, 4) is 0 Å². The molecule has 1 aliphatic heterocycles. The molecular weight excluding hydrogens is 249 g/mol. The van der Waals surface area contributed by atoms with Gasteiger partial charge in [0, 0.05) is 19.0 Å². The molecule has 1 nitrogen and oxygen atoms in total. The van der Waals surface area contributed by atoms with Crippen LogP contribution in [0.2, 0.25) is 0 Å². The average molecular weight is 270 g/mol. The Hall–Kier alpha value is -1.17. The first-order valence-corrected chi connectivity index (χ1v) is 8.67. The van der Waals surface area contributed by atoms with Gasteiger partial charge in [0.1, 0.15) is 0 Å². The molecule has 3 rings (SSSR count). The van der Waals surface area contributed by atoms with E-state index in [4.69, 9.17) is 0 Å². The summed E-state index contributed by atoms with van der Waals surface area (Å²) in [7, 11) is -0.193. The quantitative estimate of drug-likeness (QED) is 0.817. The Morgan fingerprint density at radius 1 is 0.895 bits per heavy atom. The fraction of sp³-hybridized carbons (Fsp3) is 0.294. The third-order valence-electron chi connectivity index (χ3n) is 3.83.